The molecule has 1 aliphatic rings. The van der Waals surface area contributed by atoms with E-state index < -0.39 is 6.11 Å². The van der Waals surface area contributed by atoms with Crippen LogP contribution in [0, 0.1) is 0 Å². The molecule has 0 unspecified atom stereocenters. The van der Waals surface area contributed by atoms with Gasteiger partial charge < -0.3 is 10.5 Å². The summed E-state index contributed by atoms with van der Waals surface area (Å²) in [7, 11) is 0. The Hall–Kier alpha value is -1.32. The number of alkyl halides is 2. The number of para-hydroxylation sites is 1. The second-order valence-corrected chi connectivity index (χ2v) is 3.07. The van der Waals surface area contributed by atoms with E-state index in [0.717, 1.165) is 5.56 Å². The zero-order chi connectivity index (χ0) is 9.47. The normalized spacial score (nSPS) is 18.9. The monoisotopic (exact) mass is 185 g/mol. The van der Waals surface area contributed by atoms with Crippen LogP contribution >= 0.6 is 0 Å². The van der Waals surface area contributed by atoms with Gasteiger partial charge in [-0.1, -0.05) is 12.1 Å². The first kappa shape index (κ1) is 8.29. The van der Waals surface area contributed by atoms with Crippen molar-refractivity contribution in [3.05, 3.63) is 23.8 Å². The number of rotatable bonds is 0. The van der Waals surface area contributed by atoms with E-state index in [4.69, 9.17) is 5.73 Å². The third-order valence-electron chi connectivity index (χ3n) is 2.06. The average molecular weight is 185 g/mol. The van der Waals surface area contributed by atoms with Gasteiger partial charge in [0.25, 0.3) is 0 Å². The Bertz CT molecular complexity index is 338. The first-order valence-corrected chi connectivity index (χ1v) is 4.03. The molecule has 0 aromatic heterocycles. The van der Waals surface area contributed by atoms with Crippen LogP contribution in [0.25, 0.3) is 0 Å². The van der Waals surface area contributed by atoms with Crippen molar-refractivity contribution in [1.29, 1.82) is 0 Å². The van der Waals surface area contributed by atoms with E-state index in [1.807, 2.05) is 0 Å². The molecule has 0 fully saturated rings. The topological polar surface area (TPSA) is 35.2 Å². The smallest absolute Gasteiger partial charge is 0.398 e. The molecule has 2 N–H and O–H groups in total. The molecule has 1 heterocycles. The molecule has 0 atom stereocenters. The molecule has 2 nitrogen and oxygen atoms in total. The predicted molar refractivity (Wildman–Crippen MR) is 44.8 cm³/mol. The van der Waals surface area contributed by atoms with Gasteiger partial charge in [0.15, 0.2) is 5.75 Å². The first-order chi connectivity index (χ1) is 6.08. The molecule has 1 aromatic carbocycles. The Labute approximate surface area is 74.3 Å². The lowest BCUT2D eigenvalue weighted by Gasteiger charge is -2.25. The Kier molecular flexibility index (Phi) is 1.65. The maximum Gasteiger partial charge on any atom is 0.398 e. The molecular formula is C9H9F2NO. The molecule has 0 spiro atoms. The van der Waals surface area contributed by atoms with Gasteiger partial charge in [-0.15, -0.1) is 0 Å². The molecular weight excluding hydrogens is 176 g/mol. The molecule has 0 aliphatic carbocycles. The number of halogens is 2. The summed E-state index contributed by atoms with van der Waals surface area (Å²) >= 11 is 0. The number of aryl methyl sites for hydroxylation is 1. The highest BCUT2D eigenvalue weighted by Crippen LogP contribution is 2.38. The molecule has 70 valence electrons. The fraction of sp³-hybridized carbons (Fsp3) is 0.333. The lowest BCUT2D eigenvalue weighted by molar-refractivity contribution is -0.186. The largest absolute Gasteiger partial charge is 0.430 e. The van der Waals surface area contributed by atoms with Crippen LogP contribution in [0.15, 0.2) is 18.2 Å². The van der Waals surface area contributed by atoms with Crippen molar-refractivity contribution >= 4 is 5.69 Å². The standard InChI is InChI=1S/C9H9F2NO/c10-9(11)5-4-6-2-1-3-7(12)8(6)13-9/h1-3H,4-5,12H2. The van der Waals surface area contributed by atoms with Gasteiger partial charge in [0, 0.05) is 0 Å². The van der Waals surface area contributed by atoms with Crippen molar-refractivity contribution in [2.75, 3.05) is 5.73 Å². The summed E-state index contributed by atoms with van der Waals surface area (Å²) < 4.78 is 30.1. The SMILES string of the molecule is Nc1cccc2c1OC(F)(F)CC2. The number of anilines is 1. The van der Waals surface area contributed by atoms with Crippen molar-refractivity contribution in [2.45, 2.75) is 19.0 Å². The summed E-state index contributed by atoms with van der Waals surface area (Å²) in [6.07, 6.45) is -3.03. The minimum absolute atomic E-state index is 0.138. The van der Waals surface area contributed by atoms with Crippen LogP contribution in [0.2, 0.25) is 0 Å². The Morgan fingerprint density at radius 2 is 2.15 bits per heavy atom. The van der Waals surface area contributed by atoms with Crippen molar-refractivity contribution in [3.63, 3.8) is 0 Å². The minimum atomic E-state index is -3.07. The highest BCUT2D eigenvalue weighted by atomic mass is 19.3. The summed E-state index contributed by atoms with van der Waals surface area (Å²) in [6, 6.07) is 5.04. The third kappa shape index (κ3) is 1.43. The zero-order valence-electron chi connectivity index (χ0n) is 6.89. The van der Waals surface area contributed by atoms with Crippen molar-refractivity contribution < 1.29 is 13.5 Å². The van der Waals surface area contributed by atoms with Gasteiger partial charge in [-0.25, -0.2) is 0 Å². The molecule has 1 aliphatic heterocycles. The van der Waals surface area contributed by atoms with E-state index in [1.54, 1.807) is 18.2 Å². The highest BCUT2D eigenvalue weighted by Gasteiger charge is 2.36. The minimum Gasteiger partial charge on any atom is -0.430 e. The second-order valence-electron chi connectivity index (χ2n) is 3.07. The van der Waals surface area contributed by atoms with Crippen LogP contribution in [-0.4, -0.2) is 6.11 Å². The van der Waals surface area contributed by atoms with Crippen molar-refractivity contribution in [1.82, 2.24) is 0 Å². The summed E-state index contributed by atoms with van der Waals surface area (Å²) in [5.41, 5.74) is 6.53. The number of nitrogens with two attached hydrogens (primary N) is 1. The zero-order valence-corrected chi connectivity index (χ0v) is 6.89. The maximum atomic E-state index is 12.8. The summed E-state index contributed by atoms with van der Waals surface area (Å²) in [5, 5.41) is 0. The van der Waals surface area contributed by atoms with Crippen LogP contribution in [0.5, 0.6) is 5.75 Å². The van der Waals surface area contributed by atoms with Gasteiger partial charge in [-0.05, 0) is 18.1 Å². The average Bonchev–Trinajstić information content (AvgIpc) is 2.06. The summed E-state index contributed by atoms with van der Waals surface area (Å²) in [4.78, 5) is 0. The predicted octanol–water partition coefficient (Wildman–Crippen LogP) is 2.19. The van der Waals surface area contributed by atoms with E-state index in [2.05, 4.69) is 4.74 Å². The molecule has 1 aromatic rings. The fourth-order valence-corrected chi connectivity index (χ4v) is 1.41. The van der Waals surface area contributed by atoms with Crippen molar-refractivity contribution in [2.24, 2.45) is 0 Å². The quantitative estimate of drug-likeness (QED) is 0.629. The van der Waals surface area contributed by atoms with Crippen LogP contribution in [0.1, 0.15) is 12.0 Å². The highest BCUT2D eigenvalue weighted by molar-refractivity contribution is 5.57. The molecule has 0 radical (unpaired) electrons. The number of hydrogen-bond acceptors (Lipinski definition) is 2. The van der Waals surface area contributed by atoms with Crippen LogP contribution in [0.3, 0.4) is 0 Å². The fourth-order valence-electron chi connectivity index (χ4n) is 1.41. The molecule has 0 bridgehead atoms. The third-order valence-corrected chi connectivity index (χ3v) is 2.06. The van der Waals surface area contributed by atoms with Gasteiger partial charge in [0.1, 0.15) is 0 Å². The van der Waals surface area contributed by atoms with Gasteiger partial charge in [0.2, 0.25) is 0 Å². The molecule has 13 heavy (non-hydrogen) atoms. The summed E-state index contributed by atoms with van der Waals surface area (Å²) in [6.45, 7) is 0. The van der Waals surface area contributed by atoms with E-state index in [-0.39, 0.29) is 17.9 Å². The number of hydrogen-bond donors (Lipinski definition) is 1. The van der Waals surface area contributed by atoms with E-state index in [0.29, 0.717) is 6.42 Å². The van der Waals surface area contributed by atoms with E-state index >= 15 is 0 Å². The molecule has 2 rings (SSSR count). The molecule has 0 saturated carbocycles. The van der Waals surface area contributed by atoms with Gasteiger partial charge in [-0.3, -0.25) is 0 Å². The number of ether oxygens (including phenoxy) is 1. The summed E-state index contributed by atoms with van der Waals surface area (Å²) in [5.74, 6) is 0.138. The number of fused-ring (bicyclic) bond motifs is 1. The lowest BCUT2D eigenvalue weighted by Crippen LogP contribution is -2.30. The molecule has 0 amide bonds. The molecule has 0 saturated heterocycles. The van der Waals surface area contributed by atoms with Gasteiger partial charge >= 0.3 is 6.11 Å². The van der Waals surface area contributed by atoms with E-state index in [9.17, 15) is 8.78 Å². The Morgan fingerprint density at radius 1 is 1.38 bits per heavy atom. The van der Waals surface area contributed by atoms with Crippen LogP contribution in [0.4, 0.5) is 14.5 Å². The van der Waals surface area contributed by atoms with Crippen molar-refractivity contribution in [3.8, 4) is 5.75 Å². The number of benzene rings is 1. The van der Waals surface area contributed by atoms with Gasteiger partial charge in [0.05, 0.1) is 12.1 Å². The van der Waals surface area contributed by atoms with Crippen LogP contribution in [-0.2, 0) is 6.42 Å². The molecule has 4 heteroatoms. The lowest BCUT2D eigenvalue weighted by atomic mass is 10.0. The first-order valence-electron chi connectivity index (χ1n) is 4.03. The Morgan fingerprint density at radius 3 is 2.92 bits per heavy atom. The Balaban J connectivity index is 2.44. The maximum absolute atomic E-state index is 12.8. The van der Waals surface area contributed by atoms with Crippen LogP contribution < -0.4 is 10.5 Å². The van der Waals surface area contributed by atoms with E-state index in [1.165, 1.54) is 0 Å². The van der Waals surface area contributed by atoms with Gasteiger partial charge in [-0.2, -0.15) is 8.78 Å². The number of nitrogen functional groups attached to an aromatic ring is 1. The second kappa shape index (κ2) is 2.58.